The number of hydrogen-bond donors (Lipinski definition) is 1. The molecule has 0 saturated carbocycles. The number of hydrogen-bond acceptors (Lipinski definition) is 2. The minimum Gasteiger partial charge on any atom is -0.405 e. The van der Waals surface area contributed by atoms with Crippen molar-refractivity contribution in [2.45, 2.75) is 12.8 Å². The molecule has 0 radical (unpaired) electrons. The quantitative estimate of drug-likeness (QED) is 0.567. The van der Waals surface area contributed by atoms with E-state index < -0.39 is 0 Å². The van der Waals surface area contributed by atoms with Crippen molar-refractivity contribution >= 4 is 0 Å². The first-order valence-electron chi connectivity index (χ1n) is 3.29. The average molecular weight is 128 g/mol. The first-order valence-corrected chi connectivity index (χ1v) is 3.29. The molecule has 2 heteroatoms. The molecule has 0 aromatic heterocycles. The zero-order valence-electron chi connectivity index (χ0n) is 6.30. The molecule has 0 saturated heterocycles. The summed E-state index contributed by atoms with van der Waals surface area (Å²) in [5, 5.41) is 0. The van der Waals surface area contributed by atoms with E-state index >= 15 is 0 Å². The molecule has 0 rings (SSSR count). The van der Waals surface area contributed by atoms with Crippen LogP contribution in [0.5, 0.6) is 0 Å². The molecule has 0 aliphatic rings. The smallest absolute Gasteiger partial charge is 0.00219 e. The predicted octanol–water partition coefficient (Wildman–Crippen LogP) is 0.801. The van der Waals surface area contributed by atoms with E-state index in [-0.39, 0.29) is 0 Å². The van der Waals surface area contributed by atoms with Crippen LogP contribution in [0.15, 0.2) is 12.3 Å². The van der Waals surface area contributed by atoms with E-state index in [0.717, 1.165) is 13.0 Å². The molecule has 0 spiro atoms. The molecule has 0 aliphatic carbocycles. The maximum atomic E-state index is 5.15. The number of nitrogens with zero attached hydrogens (tertiary/aromatic N) is 1. The highest BCUT2D eigenvalue weighted by Crippen LogP contribution is 1.90. The minimum atomic E-state index is 1.09. The lowest BCUT2D eigenvalue weighted by atomic mass is 10.3. The Labute approximate surface area is 57.3 Å². The summed E-state index contributed by atoms with van der Waals surface area (Å²) in [4.78, 5) is 2.17. The topological polar surface area (TPSA) is 29.3 Å². The highest BCUT2D eigenvalue weighted by atomic mass is 15.0. The molecule has 54 valence electrons. The van der Waals surface area contributed by atoms with E-state index in [9.17, 15) is 0 Å². The number of rotatable bonds is 4. The van der Waals surface area contributed by atoms with Crippen molar-refractivity contribution < 1.29 is 0 Å². The van der Waals surface area contributed by atoms with E-state index in [4.69, 9.17) is 5.73 Å². The van der Waals surface area contributed by atoms with Gasteiger partial charge in [0.2, 0.25) is 0 Å². The number of unbranched alkanes of at least 4 members (excludes halogenated alkanes) is 1. The van der Waals surface area contributed by atoms with Crippen LogP contribution in [-0.4, -0.2) is 25.5 Å². The first kappa shape index (κ1) is 8.50. The summed E-state index contributed by atoms with van der Waals surface area (Å²) >= 11 is 0. The summed E-state index contributed by atoms with van der Waals surface area (Å²) < 4.78 is 0. The Morgan fingerprint density at radius 1 is 1.44 bits per heavy atom. The fourth-order valence-corrected chi connectivity index (χ4v) is 0.622. The summed E-state index contributed by atoms with van der Waals surface area (Å²) in [7, 11) is 4.15. The lowest BCUT2D eigenvalue weighted by molar-refractivity contribution is 0.402. The van der Waals surface area contributed by atoms with E-state index in [1.165, 1.54) is 6.42 Å². The van der Waals surface area contributed by atoms with Crippen molar-refractivity contribution in [1.29, 1.82) is 0 Å². The van der Waals surface area contributed by atoms with E-state index in [0.29, 0.717) is 0 Å². The van der Waals surface area contributed by atoms with Crippen molar-refractivity contribution in [3.8, 4) is 0 Å². The average Bonchev–Trinajstić information content (AvgIpc) is 1.80. The van der Waals surface area contributed by atoms with Gasteiger partial charge in [-0.1, -0.05) is 6.08 Å². The van der Waals surface area contributed by atoms with E-state index in [2.05, 4.69) is 19.0 Å². The Morgan fingerprint density at radius 2 is 2.11 bits per heavy atom. The van der Waals surface area contributed by atoms with Gasteiger partial charge in [0, 0.05) is 0 Å². The van der Waals surface area contributed by atoms with Gasteiger partial charge in [-0.3, -0.25) is 0 Å². The third-order valence-corrected chi connectivity index (χ3v) is 1.11. The van der Waals surface area contributed by atoms with E-state index in [1.807, 2.05) is 6.08 Å². The minimum absolute atomic E-state index is 1.09. The molecule has 0 aliphatic heterocycles. The normalized spacial score (nSPS) is 11.4. The summed E-state index contributed by atoms with van der Waals surface area (Å²) in [5.74, 6) is 0. The first-order chi connectivity index (χ1) is 4.27. The molecule has 9 heavy (non-hydrogen) atoms. The van der Waals surface area contributed by atoms with Gasteiger partial charge in [0.05, 0.1) is 0 Å². The summed E-state index contributed by atoms with van der Waals surface area (Å²) in [6.45, 7) is 1.14. The fourth-order valence-electron chi connectivity index (χ4n) is 0.622. The second-order valence-electron chi connectivity index (χ2n) is 2.37. The van der Waals surface area contributed by atoms with Crippen LogP contribution in [0.2, 0.25) is 0 Å². The fraction of sp³-hybridized carbons (Fsp3) is 0.714. The largest absolute Gasteiger partial charge is 0.405 e. The zero-order valence-corrected chi connectivity index (χ0v) is 6.30. The van der Waals surface area contributed by atoms with Crippen LogP contribution in [0.25, 0.3) is 0 Å². The van der Waals surface area contributed by atoms with Crippen molar-refractivity contribution in [3.05, 3.63) is 12.3 Å². The van der Waals surface area contributed by atoms with Crippen LogP contribution >= 0.6 is 0 Å². The third-order valence-electron chi connectivity index (χ3n) is 1.11. The SMILES string of the molecule is CN(C)CCCC=CN. The maximum Gasteiger partial charge on any atom is -0.00219 e. The molecule has 0 heterocycles. The third kappa shape index (κ3) is 7.50. The maximum absolute atomic E-state index is 5.15. The van der Waals surface area contributed by atoms with Crippen LogP contribution < -0.4 is 5.73 Å². The molecule has 2 N–H and O–H groups in total. The van der Waals surface area contributed by atoms with Crippen molar-refractivity contribution in [3.63, 3.8) is 0 Å². The zero-order chi connectivity index (χ0) is 7.11. The molecule has 0 aromatic carbocycles. The molecule has 0 fully saturated rings. The van der Waals surface area contributed by atoms with Crippen LogP contribution in [0.4, 0.5) is 0 Å². The van der Waals surface area contributed by atoms with Crippen LogP contribution in [-0.2, 0) is 0 Å². The Balaban J connectivity index is 2.91. The molecular weight excluding hydrogens is 112 g/mol. The molecule has 2 nitrogen and oxygen atoms in total. The van der Waals surface area contributed by atoms with Gasteiger partial charge in [-0.2, -0.15) is 0 Å². The van der Waals surface area contributed by atoms with Crippen LogP contribution in [0.3, 0.4) is 0 Å². The Bertz CT molecular complexity index is 77.0. The van der Waals surface area contributed by atoms with Crippen LogP contribution in [0.1, 0.15) is 12.8 Å². The van der Waals surface area contributed by atoms with Gasteiger partial charge in [-0.05, 0) is 39.7 Å². The number of allylic oxidation sites excluding steroid dienone is 1. The summed E-state index contributed by atoms with van der Waals surface area (Å²) in [5.41, 5.74) is 5.15. The summed E-state index contributed by atoms with van der Waals surface area (Å²) in [6.07, 6.45) is 5.88. The van der Waals surface area contributed by atoms with Gasteiger partial charge in [0.25, 0.3) is 0 Å². The van der Waals surface area contributed by atoms with Crippen LogP contribution in [0, 0.1) is 0 Å². The number of nitrogens with two attached hydrogens (primary N) is 1. The molecule has 0 unspecified atom stereocenters. The van der Waals surface area contributed by atoms with Crippen molar-refractivity contribution in [1.82, 2.24) is 4.90 Å². The molecule has 0 aromatic rings. The van der Waals surface area contributed by atoms with Crippen molar-refractivity contribution in [2.75, 3.05) is 20.6 Å². The predicted molar refractivity (Wildman–Crippen MR) is 41.1 cm³/mol. The van der Waals surface area contributed by atoms with Gasteiger partial charge in [-0.15, -0.1) is 0 Å². The molecular formula is C7H16N2. The second kappa shape index (κ2) is 5.63. The Morgan fingerprint density at radius 3 is 2.56 bits per heavy atom. The van der Waals surface area contributed by atoms with Gasteiger partial charge in [0.1, 0.15) is 0 Å². The van der Waals surface area contributed by atoms with E-state index in [1.54, 1.807) is 6.20 Å². The Hall–Kier alpha value is -0.500. The van der Waals surface area contributed by atoms with Gasteiger partial charge in [0.15, 0.2) is 0 Å². The molecule has 0 amide bonds. The monoisotopic (exact) mass is 128 g/mol. The lowest BCUT2D eigenvalue weighted by Crippen LogP contribution is -2.12. The highest BCUT2D eigenvalue weighted by molar-refractivity contribution is 4.75. The van der Waals surface area contributed by atoms with Gasteiger partial charge in [-0.25, -0.2) is 0 Å². The lowest BCUT2D eigenvalue weighted by Gasteiger charge is -2.06. The van der Waals surface area contributed by atoms with Gasteiger partial charge < -0.3 is 10.6 Å². The molecule has 0 atom stereocenters. The van der Waals surface area contributed by atoms with Crippen molar-refractivity contribution in [2.24, 2.45) is 5.73 Å². The standard InChI is InChI=1S/C7H16N2/c1-9(2)7-5-3-4-6-8/h4,6H,3,5,7-8H2,1-2H3. The van der Waals surface area contributed by atoms with Gasteiger partial charge >= 0.3 is 0 Å². The highest BCUT2D eigenvalue weighted by Gasteiger charge is 1.85. The molecule has 0 bridgehead atoms. The second-order valence-corrected chi connectivity index (χ2v) is 2.37. The summed E-state index contributed by atoms with van der Waals surface area (Å²) in [6, 6.07) is 0. The Kier molecular flexibility index (Phi) is 5.32.